The normalized spacial score (nSPS) is 12.1. The van der Waals surface area contributed by atoms with E-state index >= 15 is 0 Å². The molecule has 5 heteroatoms. The van der Waals surface area contributed by atoms with Crippen LogP contribution in [0.5, 0.6) is 0 Å². The minimum atomic E-state index is -0.529. The van der Waals surface area contributed by atoms with Gasteiger partial charge >= 0.3 is 0 Å². The van der Waals surface area contributed by atoms with Gasteiger partial charge in [0, 0.05) is 25.4 Å². The molecule has 2 rings (SSSR count). The highest BCUT2D eigenvalue weighted by Gasteiger charge is 2.13. The Hall–Kier alpha value is -2.14. The van der Waals surface area contributed by atoms with Gasteiger partial charge in [0.15, 0.2) is 0 Å². The van der Waals surface area contributed by atoms with Crippen LogP contribution in [0, 0.1) is 0 Å². The van der Waals surface area contributed by atoms with E-state index in [4.69, 9.17) is 5.73 Å². The van der Waals surface area contributed by atoms with Gasteiger partial charge in [0.2, 0.25) is 5.91 Å². The molecule has 0 aliphatic rings. The number of nitrogens with two attached hydrogens (primary N) is 1. The maximum absolute atomic E-state index is 11.9. The smallest absolute Gasteiger partial charge is 0.237 e. The summed E-state index contributed by atoms with van der Waals surface area (Å²) in [7, 11) is 1.84. The van der Waals surface area contributed by atoms with Crippen molar-refractivity contribution in [2.75, 3.05) is 0 Å². The molecule has 0 fully saturated rings. The van der Waals surface area contributed by atoms with Crippen molar-refractivity contribution in [2.45, 2.75) is 19.0 Å². The average Bonchev–Trinajstić information content (AvgIpc) is 2.83. The van der Waals surface area contributed by atoms with Crippen LogP contribution >= 0.6 is 0 Å². The number of hydrogen-bond donors (Lipinski definition) is 2. The molecule has 1 atom stereocenters. The van der Waals surface area contributed by atoms with Crippen LogP contribution in [0.1, 0.15) is 11.1 Å². The Bertz CT molecular complexity index is 535. The fraction of sp³-hybridized carbons (Fsp3) is 0.286. The molecule has 5 nitrogen and oxygen atoms in total. The monoisotopic (exact) mass is 258 g/mol. The second-order valence-electron chi connectivity index (χ2n) is 4.54. The number of aromatic nitrogens is 2. The van der Waals surface area contributed by atoms with E-state index < -0.39 is 6.04 Å². The van der Waals surface area contributed by atoms with E-state index in [0.29, 0.717) is 13.0 Å². The Morgan fingerprint density at radius 1 is 1.37 bits per heavy atom. The lowest BCUT2D eigenvalue weighted by Crippen LogP contribution is -2.41. The molecule has 0 bridgehead atoms. The number of carbonyl (C=O) groups excluding carboxylic acids is 1. The van der Waals surface area contributed by atoms with Crippen molar-refractivity contribution in [3.8, 4) is 0 Å². The maximum Gasteiger partial charge on any atom is 0.237 e. The maximum atomic E-state index is 11.9. The predicted molar refractivity (Wildman–Crippen MR) is 73.2 cm³/mol. The third kappa shape index (κ3) is 3.93. The molecular weight excluding hydrogens is 240 g/mol. The van der Waals surface area contributed by atoms with E-state index in [1.807, 2.05) is 43.6 Å². The molecule has 1 heterocycles. The van der Waals surface area contributed by atoms with Gasteiger partial charge < -0.3 is 11.1 Å². The zero-order valence-electron chi connectivity index (χ0n) is 10.9. The first-order chi connectivity index (χ1) is 9.15. The largest absolute Gasteiger partial charge is 0.351 e. The van der Waals surface area contributed by atoms with Crippen LogP contribution in [0.15, 0.2) is 42.7 Å². The summed E-state index contributed by atoms with van der Waals surface area (Å²) >= 11 is 0. The summed E-state index contributed by atoms with van der Waals surface area (Å²) in [5.74, 6) is -0.146. The van der Waals surface area contributed by atoms with Crippen LogP contribution in [-0.4, -0.2) is 21.7 Å². The fourth-order valence-electron chi connectivity index (χ4n) is 1.84. The topological polar surface area (TPSA) is 72.9 Å². The van der Waals surface area contributed by atoms with Crippen molar-refractivity contribution >= 4 is 5.91 Å². The minimum absolute atomic E-state index is 0.146. The van der Waals surface area contributed by atoms with E-state index in [1.165, 1.54) is 0 Å². The molecule has 1 aromatic heterocycles. The van der Waals surface area contributed by atoms with E-state index in [0.717, 1.165) is 11.1 Å². The van der Waals surface area contributed by atoms with E-state index in [2.05, 4.69) is 10.4 Å². The first-order valence-corrected chi connectivity index (χ1v) is 6.20. The van der Waals surface area contributed by atoms with Crippen LogP contribution in [0.4, 0.5) is 0 Å². The second kappa shape index (κ2) is 6.15. The van der Waals surface area contributed by atoms with Crippen LogP contribution in [0.2, 0.25) is 0 Å². The molecule has 0 radical (unpaired) electrons. The van der Waals surface area contributed by atoms with Gasteiger partial charge in [-0.15, -0.1) is 0 Å². The lowest BCUT2D eigenvalue weighted by Gasteiger charge is -2.11. The van der Waals surface area contributed by atoms with Gasteiger partial charge in [-0.3, -0.25) is 9.48 Å². The molecule has 0 saturated carbocycles. The number of nitrogens with zero attached hydrogens (tertiary/aromatic N) is 2. The summed E-state index contributed by atoms with van der Waals surface area (Å²) in [6.07, 6.45) is 4.13. The van der Waals surface area contributed by atoms with Crippen molar-refractivity contribution in [3.05, 3.63) is 53.9 Å². The summed E-state index contributed by atoms with van der Waals surface area (Å²) < 4.78 is 1.70. The SMILES string of the molecule is Cn1cc(CNC(=O)[C@H](N)Cc2ccccc2)cn1. The number of amides is 1. The Kier molecular flexibility index (Phi) is 4.30. The molecule has 100 valence electrons. The van der Waals surface area contributed by atoms with Crippen molar-refractivity contribution < 1.29 is 4.79 Å². The fourth-order valence-corrected chi connectivity index (χ4v) is 1.84. The zero-order chi connectivity index (χ0) is 13.7. The number of hydrogen-bond acceptors (Lipinski definition) is 3. The first kappa shape index (κ1) is 13.3. The summed E-state index contributed by atoms with van der Waals surface area (Å²) in [5, 5.41) is 6.86. The Balaban J connectivity index is 1.82. The summed E-state index contributed by atoms with van der Waals surface area (Å²) in [4.78, 5) is 11.9. The molecule has 0 saturated heterocycles. The third-order valence-electron chi connectivity index (χ3n) is 2.86. The number of nitrogens with one attached hydrogen (secondary N) is 1. The summed E-state index contributed by atoms with van der Waals surface area (Å²) in [6, 6.07) is 9.23. The van der Waals surface area contributed by atoms with E-state index in [-0.39, 0.29) is 5.91 Å². The average molecular weight is 258 g/mol. The van der Waals surface area contributed by atoms with E-state index in [9.17, 15) is 4.79 Å². The van der Waals surface area contributed by atoms with Crippen molar-refractivity contribution in [2.24, 2.45) is 12.8 Å². The minimum Gasteiger partial charge on any atom is -0.351 e. The number of rotatable bonds is 5. The lowest BCUT2D eigenvalue weighted by molar-refractivity contribution is -0.122. The van der Waals surface area contributed by atoms with Gasteiger partial charge in [0.05, 0.1) is 12.2 Å². The van der Waals surface area contributed by atoms with Crippen LogP contribution in [0.25, 0.3) is 0 Å². The molecule has 2 aromatic rings. The molecule has 3 N–H and O–H groups in total. The number of aryl methyl sites for hydroxylation is 1. The zero-order valence-corrected chi connectivity index (χ0v) is 10.9. The van der Waals surface area contributed by atoms with Gasteiger partial charge in [0.1, 0.15) is 0 Å². The van der Waals surface area contributed by atoms with Crippen LogP contribution < -0.4 is 11.1 Å². The molecule has 0 aliphatic heterocycles. The molecule has 1 amide bonds. The highest BCUT2D eigenvalue weighted by molar-refractivity contribution is 5.81. The number of benzene rings is 1. The van der Waals surface area contributed by atoms with E-state index in [1.54, 1.807) is 10.9 Å². The molecule has 0 aliphatic carbocycles. The summed E-state index contributed by atoms with van der Waals surface area (Å²) in [5.41, 5.74) is 7.91. The van der Waals surface area contributed by atoms with Crippen molar-refractivity contribution in [1.29, 1.82) is 0 Å². The Labute approximate surface area is 112 Å². The highest BCUT2D eigenvalue weighted by atomic mass is 16.2. The molecule has 0 unspecified atom stereocenters. The van der Waals surface area contributed by atoms with Gasteiger partial charge in [-0.25, -0.2) is 0 Å². The van der Waals surface area contributed by atoms with Gasteiger partial charge in [-0.05, 0) is 12.0 Å². The predicted octanol–water partition coefficient (Wildman–Crippen LogP) is 0.606. The van der Waals surface area contributed by atoms with Crippen molar-refractivity contribution in [3.63, 3.8) is 0 Å². The first-order valence-electron chi connectivity index (χ1n) is 6.20. The van der Waals surface area contributed by atoms with Gasteiger partial charge in [0.25, 0.3) is 0 Å². The molecule has 19 heavy (non-hydrogen) atoms. The quantitative estimate of drug-likeness (QED) is 0.825. The Morgan fingerprint density at radius 3 is 2.74 bits per heavy atom. The van der Waals surface area contributed by atoms with Crippen LogP contribution in [-0.2, 0) is 24.8 Å². The van der Waals surface area contributed by atoms with Crippen molar-refractivity contribution in [1.82, 2.24) is 15.1 Å². The number of carbonyl (C=O) groups is 1. The highest BCUT2D eigenvalue weighted by Crippen LogP contribution is 2.02. The molecule has 1 aromatic carbocycles. The Morgan fingerprint density at radius 2 is 2.11 bits per heavy atom. The summed E-state index contributed by atoms with van der Waals surface area (Å²) in [6.45, 7) is 0.454. The molecule has 0 spiro atoms. The second-order valence-corrected chi connectivity index (χ2v) is 4.54. The third-order valence-corrected chi connectivity index (χ3v) is 2.86. The van der Waals surface area contributed by atoms with Crippen LogP contribution in [0.3, 0.4) is 0 Å². The lowest BCUT2D eigenvalue weighted by atomic mass is 10.1. The van der Waals surface area contributed by atoms with Gasteiger partial charge in [-0.1, -0.05) is 30.3 Å². The van der Waals surface area contributed by atoms with Gasteiger partial charge in [-0.2, -0.15) is 5.10 Å². The standard InChI is InChI=1S/C14H18N4O/c1-18-10-12(9-17-18)8-16-14(19)13(15)7-11-5-3-2-4-6-11/h2-6,9-10,13H,7-8,15H2,1H3,(H,16,19)/t13-/m1/s1. The molecular formula is C14H18N4O.